The van der Waals surface area contributed by atoms with Gasteiger partial charge in [0, 0.05) is 56.2 Å². The molecule has 6 heteroatoms. The second-order valence-electron chi connectivity index (χ2n) is 11.8. The molecule has 1 aliphatic rings. The number of aromatic nitrogens is 2. The Morgan fingerprint density at radius 1 is 1.22 bits per heavy atom. The summed E-state index contributed by atoms with van der Waals surface area (Å²) in [6, 6.07) is 12.5. The van der Waals surface area contributed by atoms with Crippen molar-refractivity contribution < 1.29 is 9.21 Å². The summed E-state index contributed by atoms with van der Waals surface area (Å²) >= 11 is 0. The number of allylic oxidation sites excluding steroid dienone is 6. The molecular weight excluding hydrogens is 508 g/mol. The number of carbonyl (C=O) groups excluding carboxylic acids is 1. The van der Waals surface area contributed by atoms with Gasteiger partial charge in [-0.2, -0.15) is 0 Å². The van der Waals surface area contributed by atoms with E-state index < -0.39 is 5.41 Å². The molecule has 1 fully saturated rings. The summed E-state index contributed by atoms with van der Waals surface area (Å²) in [5.74, 6) is 0.562. The van der Waals surface area contributed by atoms with Crippen LogP contribution in [-0.2, 0) is 4.79 Å². The molecule has 1 aromatic carbocycles. The van der Waals surface area contributed by atoms with Gasteiger partial charge in [0.05, 0.1) is 12.5 Å². The number of carbonyl (C=O) groups is 1. The maximum atomic E-state index is 12.6. The van der Waals surface area contributed by atoms with E-state index in [1.165, 1.54) is 5.57 Å². The van der Waals surface area contributed by atoms with E-state index in [2.05, 4.69) is 65.2 Å². The van der Waals surface area contributed by atoms with Crippen molar-refractivity contribution in [3.05, 3.63) is 108 Å². The normalized spacial score (nSPS) is 14.7. The molecule has 210 valence electrons. The van der Waals surface area contributed by atoms with Crippen LogP contribution in [0.2, 0.25) is 0 Å². The first-order valence-electron chi connectivity index (χ1n) is 14.0. The van der Waals surface area contributed by atoms with Gasteiger partial charge >= 0.3 is 0 Å². The van der Waals surface area contributed by atoms with E-state index in [1.807, 2.05) is 45.9 Å². The highest BCUT2D eigenvalue weighted by Crippen LogP contribution is 2.43. The zero-order valence-electron chi connectivity index (χ0n) is 24.5. The zero-order valence-corrected chi connectivity index (χ0v) is 24.5. The molecule has 4 aromatic rings. The van der Waals surface area contributed by atoms with Crippen molar-refractivity contribution >= 4 is 33.8 Å². The van der Waals surface area contributed by atoms with Crippen molar-refractivity contribution in [3.8, 4) is 11.1 Å². The Bertz CT molecular complexity index is 1700. The Balaban J connectivity index is 1.59. The fourth-order valence-electron chi connectivity index (χ4n) is 4.85. The number of rotatable bonds is 8. The van der Waals surface area contributed by atoms with Crippen LogP contribution in [0.25, 0.3) is 33.2 Å². The summed E-state index contributed by atoms with van der Waals surface area (Å²) < 4.78 is 5.36. The standard InChI is InChI=1S/C35H38N4O2/c1-7-21(2)15-25(16-22(3)38-34(40)35(4,5)6)26-17-29(33(36)37-19-26)32(23-11-12-23)31-18-28-27(24-13-14-41-20-24)9-8-10-30(28)39-31/h7-10,13-21,39H,1,11-12H2,2-6H3,(H2,36,37)(H,38,40)/b22-16+,25-15+/t21-/m0/s1. The predicted octanol–water partition coefficient (Wildman–Crippen LogP) is 8.27. The minimum atomic E-state index is -0.494. The lowest BCUT2D eigenvalue weighted by Crippen LogP contribution is -2.33. The van der Waals surface area contributed by atoms with Crippen molar-refractivity contribution in [2.24, 2.45) is 11.3 Å². The zero-order chi connectivity index (χ0) is 29.3. The van der Waals surface area contributed by atoms with Crippen LogP contribution in [0.3, 0.4) is 0 Å². The quantitative estimate of drug-likeness (QED) is 0.153. The van der Waals surface area contributed by atoms with E-state index in [0.717, 1.165) is 68.5 Å². The molecule has 1 saturated carbocycles. The lowest BCUT2D eigenvalue weighted by Gasteiger charge is -2.18. The van der Waals surface area contributed by atoms with Gasteiger partial charge in [0.1, 0.15) is 5.82 Å². The van der Waals surface area contributed by atoms with Crippen LogP contribution in [0.4, 0.5) is 5.82 Å². The van der Waals surface area contributed by atoms with Gasteiger partial charge in [-0.05, 0) is 67.2 Å². The Kier molecular flexibility index (Phi) is 7.59. The molecule has 3 aromatic heterocycles. The van der Waals surface area contributed by atoms with E-state index in [0.29, 0.717) is 5.82 Å². The van der Waals surface area contributed by atoms with Gasteiger partial charge in [0.25, 0.3) is 0 Å². The number of pyridine rings is 1. The molecule has 0 unspecified atom stereocenters. The summed E-state index contributed by atoms with van der Waals surface area (Å²) in [6.07, 6.45) is 13.3. The summed E-state index contributed by atoms with van der Waals surface area (Å²) in [4.78, 5) is 20.9. The van der Waals surface area contributed by atoms with E-state index in [4.69, 9.17) is 10.2 Å². The Morgan fingerprint density at radius 3 is 2.66 bits per heavy atom. The molecule has 5 rings (SSSR count). The van der Waals surface area contributed by atoms with Gasteiger partial charge in [0.15, 0.2) is 0 Å². The van der Waals surface area contributed by atoms with E-state index in [9.17, 15) is 4.79 Å². The van der Waals surface area contributed by atoms with E-state index in [1.54, 1.807) is 18.7 Å². The van der Waals surface area contributed by atoms with Crippen molar-refractivity contribution in [2.75, 3.05) is 5.73 Å². The van der Waals surface area contributed by atoms with Crippen LogP contribution in [0.1, 0.15) is 64.3 Å². The number of furan rings is 1. The lowest BCUT2D eigenvalue weighted by molar-refractivity contribution is -0.127. The number of hydrogen-bond acceptors (Lipinski definition) is 4. The number of hydrogen-bond donors (Lipinski definition) is 3. The molecule has 0 saturated heterocycles. The van der Waals surface area contributed by atoms with Gasteiger partial charge in [-0.15, -0.1) is 6.58 Å². The largest absolute Gasteiger partial charge is 0.472 e. The van der Waals surface area contributed by atoms with Crippen LogP contribution in [0.5, 0.6) is 0 Å². The predicted molar refractivity (Wildman–Crippen MR) is 169 cm³/mol. The number of nitrogen functional groups attached to an aromatic ring is 1. The number of nitrogens with one attached hydrogen (secondary N) is 2. The third-order valence-corrected chi connectivity index (χ3v) is 7.32. The van der Waals surface area contributed by atoms with Gasteiger partial charge in [-0.1, -0.05) is 57.6 Å². The second kappa shape index (κ2) is 11.1. The molecule has 0 aliphatic heterocycles. The van der Waals surface area contributed by atoms with E-state index in [-0.39, 0.29) is 11.8 Å². The van der Waals surface area contributed by atoms with Crippen LogP contribution in [-0.4, -0.2) is 15.9 Å². The highest BCUT2D eigenvalue weighted by Gasteiger charge is 2.25. The van der Waals surface area contributed by atoms with Crippen molar-refractivity contribution in [2.45, 2.75) is 47.5 Å². The average molecular weight is 547 g/mol. The number of aromatic amines is 1. The Hall–Kier alpha value is -4.58. The highest BCUT2D eigenvalue weighted by molar-refractivity contribution is 6.00. The van der Waals surface area contributed by atoms with E-state index >= 15 is 0 Å². The number of nitrogens with two attached hydrogens (primary N) is 1. The van der Waals surface area contributed by atoms with Gasteiger partial charge in [-0.25, -0.2) is 4.98 Å². The summed E-state index contributed by atoms with van der Waals surface area (Å²) in [5.41, 5.74) is 16.2. The lowest BCUT2D eigenvalue weighted by atomic mass is 9.94. The van der Waals surface area contributed by atoms with Crippen LogP contribution in [0, 0.1) is 11.3 Å². The molecular formula is C35H38N4O2. The molecule has 41 heavy (non-hydrogen) atoms. The number of fused-ring (bicyclic) bond motifs is 1. The molecule has 1 amide bonds. The molecule has 1 atom stereocenters. The first kappa shape index (κ1) is 28.0. The Morgan fingerprint density at radius 2 is 2.00 bits per heavy atom. The number of amides is 1. The van der Waals surface area contributed by atoms with Gasteiger partial charge in [0.2, 0.25) is 5.91 Å². The average Bonchev–Trinajstić information content (AvgIpc) is 3.42. The number of nitrogens with zero attached hydrogens (tertiary/aromatic N) is 1. The fourth-order valence-corrected chi connectivity index (χ4v) is 4.85. The minimum Gasteiger partial charge on any atom is -0.472 e. The molecule has 6 nitrogen and oxygen atoms in total. The molecule has 3 heterocycles. The molecule has 4 N–H and O–H groups in total. The highest BCUT2D eigenvalue weighted by atomic mass is 16.3. The van der Waals surface area contributed by atoms with Crippen molar-refractivity contribution in [1.82, 2.24) is 15.3 Å². The van der Waals surface area contributed by atoms with Gasteiger partial charge in [-0.3, -0.25) is 4.79 Å². The second-order valence-corrected chi connectivity index (χ2v) is 11.8. The maximum absolute atomic E-state index is 12.6. The number of benzene rings is 1. The third kappa shape index (κ3) is 6.12. The summed E-state index contributed by atoms with van der Waals surface area (Å²) in [7, 11) is 0. The van der Waals surface area contributed by atoms with Crippen molar-refractivity contribution in [3.63, 3.8) is 0 Å². The monoisotopic (exact) mass is 546 g/mol. The maximum Gasteiger partial charge on any atom is 0.229 e. The first-order valence-corrected chi connectivity index (χ1v) is 14.0. The Labute approximate surface area is 241 Å². The molecule has 1 aliphatic carbocycles. The summed E-state index contributed by atoms with van der Waals surface area (Å²) in [5, 5.41) is 4.16. The topological polar surface area (TPSA) is 96.9 Å². The van der Waals surface area contributed by atoms with Crippen LogP contribution in [0.15, 0.2) is 95.6 Å². The number of H-pyrrole nitrogens is 1. The molecule has 0 bridgehead atoms. The third-order valence-electron chi connectivity index (χ3n) is 7.32. The molecule has 0 spiro atoms. The van der Waals surface area contributed by atoms with Crippen molar-refractivity contribution in [1.29, 1.82) is 0 Å². The summed E-state index contributed by atoms with van der Waals surface area (Å²) in [6.45, 7) is 13.6. The fraction of sp³-hybridized carbons (Fsp3) is 0.257. The molecule has 0 radical (unpaired) electrons. The smallest absolute Gasteiger partial charge is 0.229 e. The number of anilines is 1. The van der Waals surface area contributed by atoms with Crippen LogP contribution < -0.4 is 11.1 Å². The first-order chi connectivity index (χ1) is 19.5. The minimum absolute atomic E-state index is 0.0344. The SMILES string of the molecule is C=C[C@H](C)/C=C(\C=C(/C)NC(=O)C(C)(C)C)c1cnc(N)c(C(=C2CC2)c2cc3c(-c4ccoc4)cccc3[nH]2)c1. The van der Waals surface area contributed by atoms with Gasteiger partial charge < -0.3 is 20.5 Å². The van der Waals surface area contributed by atoms with Crippen LogP contribution >= 0.6 is 0 Å².